The van der Waals surface area contributed by atoms with Gasteiger partial charge < -0.3 is 9.84 Å². The lowest BCUT2D eigenvalue weighted by Crippen LogP contribution is -2.46. The van der Waals surface area contributed by atoms with Crippen LogP contribution in [0.15, 0.2) is 30.3 Å². The number of carboxylic acids is 1. The highest BCUT2D eigenvalue weighted by atomic mass is 32.1. The molecular formula is C22H26F3NO3S. The lowest BCUT2D eigenvalue weighted by Gasteiger charge is -2.42. The lowest BCUT2D eigenvalue weighted by molar-refractivity contribution is -0.145. The van der Waals surface area contributed by atoms with Gasteiger partial charge in [-0.25, -0.2) is 4.39 Å². The van der Waals surface area contributed by atoms with Crippen LogP contribution in [0.2, 0.25) is 0 Å². The zero-order valence-electron chi connectivity index (χ0n) is 17.2. The molecule has 2 heterocycles. The Morgan fingerprint density at radius 1 is 1.27 bits per heavy atom. The van der Waals surface area contributed by atoms with E-state index in [1.165, 1.54) is 23.5 Å². The summed E-state index contributed by atoms with van der Waals surface area (Å²) < 4.78 is 43.7. The van der Waals surface area contributed by atoms with Gasteiger partial charge in [0.2, 0.25) is 0 Å². The third-order valence-corrected chi connectivity index (χ3v) is 6.67. The second-order valence-corrected chi connectivity index (χ2v) is 9.98. The molecule has 1 N–H and O–H groups in total. The summed E-state index contributed by atoms with van der Waals surface area (Å²) in [7, 11) is 0. The zero-order valence-corrected chi connectivity index (χ0v) is 18.0. The number of halogens is 3. The molecule has 0 bridgehead atoms. The molecule has 1 aromatic heterocycles. The fraction of sp³-hybridized carbons (Fsp3) is 0.500. The third-order valence-electron chi connectivity index (χ3n) is 5.56. The number of aliphatic carboxylic acids is 1. The highest BCUT2D eigenvalue weighted by Crippen LogP contribution is 2.39. The molecule has 1 saturated heterocycles. The zero-order chi connectivity index (χ0) is 22.1. The molecule has 0 spiro atoms. The van der Waals surface area contributed by atoms with Crippen LogP contribution in [-0.4, -0.2) is 35.7 Å². The van der Waals surface area contributed by atoms with Gasteiger partial charge in [0.25, 0.3) is 0 Å². The van der Waals surface area contributed by atoms with Crippen molar-refractivity contribution >= 4 is 17.3 Å². The quantitative estimate of drug-likeness (QED) is 0.623. The molecule has 0 amide bonds. The van der Waals surface area contributed by atoms with Gasteiger partial charge in [0.1, 0.15) is 11.6 Å². The highest BCUT2D eigenvalue weighted by molar-refractivity contribution is 7.15. The maximum atomic E-state index is 13.7. The van der Waals surface area contributed by atoms with Crippen molar-refractivity contribution < 1.29 is 27.8 Å². The fourth-order valence-electron chi connectivity index (χ4n) is 3.85. The van der Waals surface area contributed by atoms with Gasteiger partial charge in [-0.05, 0) is 48.1 Å². The molecule has 30 heavy (non-hydrogen) atoms. The summed E-state index contributed by atoms with van der Waals surface area (Å²) in [4.78, 5) is 15.4. The normalized spacial score (nSPS) is 20.5. The number of piperidine rings is 1. The number of carboxylic acid groups (broad SMARTS) is 1. The Hall–Kier alpha value is -2.06. The first-order chi connectivity index (χ1) is 14.0. The van der Waals surface area contributed by atoms with E-state index in [1.807, 2.05) is 6.07 Å². The first-order valence-corrected chi connectivity index (χ1v) is 10.6. The van der Waals surface area contributed by atoms with Gasteiger partial charge >= 0.3 is 12.6 Å². The molecule has 1 aromatic carbocycles. The molecule has 1 aliphatic heterocycles. The highest BCUT2D eigenvalue weighted by Gasteiger charge is 2.37. The van der Waals surface area contributed by atoms with Gasteiger partial charge in [0.15, 0.2) is 0 Å². The van der Waals surface area contributed by atoms with E-state index < -0.39 is 24.3 Å². The number of carbonyl (C=O) groups is 1. The number of rotatable bonds is 6. The molecule has 1 fully saturated rings. The first-order valence-electron chi connectivity index (χ1n) is 9.81. The molecular weight excluding hydrogens is 415 g/mol. The predicted molar refractivity (Wildman–Crippen MR) is 110 cm³/mol. The summed E-state index contributed by atoms with van der Waals surface area (Å²) in [5.41, 5.74) is 0.275. The molecule has 2 atom stereocenters. The summed E-state index contributed by atoms with van der Waals surface area (Å²) in [5, 5.41) is 9.55. The van der Waals surface area contributed by atoms with Gasteiger partial charge in [0.05, 0.1) is 5.92 Å². The van der Waals surface area contributed by atoms with Gasteiger partial charge in [-0.15, -0.1) is 11.3 Å². The van der Waals surface area contributed by atoms with E-state index in [2.05, 4.69) is 30.4 Å². The molecule has 0 radical (unpaired) electrons. The van der Waals surface area contributed by atoms with Crippen molar-refractivity contribution in [2.75, 3.05) is 13.1 Å². The van der Waals surface area contributed by atoms with Crippen LogP contribution in [-0.2, 0) is 11.3 Å². The third kappa shape index (κ3) is 5.55. The Kier molecular flexibility index (Phi) is 6.77. The topological polar surface area (TPSA) is 49.8 Å². The Morgan fingerprint density at radius 3 is 2.63 bits per heavy atom. The molecule has 4 nitrogen and oxygen atoms in total. The minimum Gasteiger partial charge on any atom is -0.481 e. The predicted octanol–water partition coefficient (Wildman–Crippen LogP) is 5.72. The number of nitrogens with zero attached hydrogens (tertiary/aromatic N) is 1. The average molecular weight is 442 g/mol. The standard InChI is InChI=1S/C22H26F3NO3S/c1-22(2,3)14-8-13(20(27)28)10-26(11-14)12-16-5-7-19(30-16)17-9-15(23)4-6-18(17)29-21(24)25/h4-7,9,13-14,21H,8,10-12H2,1-3H3,(H,27,28)/t13-,14-/m1/s1. The maximum absolute atomic E-state index is 13.7. The van der Waals surface area contributed by atoms with E-state index in [-0.39, 0.29) is 22.6 Å². The molecule has 1 aliphatic rings. The molecule has 8 heteroatoms. The van der Waals surface area contributed by atoms with Crippen LogP contribution < -0.4 is 4.74 Å². The van der Waals surface area contributed by atoms with Crippen molar-refractivity contribution in [3.63, 3.8) is 0 Å². The summed E-state index contributed by atoms with van der Waals surface area (Å²) >= 11 is 1.37. The number of benzene rings is 1. The van der Waals surface area contributed by atoms with Crippen molar-refractivity contribution in [1.29, 1.82) is 0 Å². The van der Waals surface area contributed by atoms with E-state index in [4.69, 9.17) is 0 Å². The van der Waals surface area contributed by atoms with E-state index in [9.17, 15) is 23.1 Å². The SMILES string of the molecule is CC(C)(C)[C@@H]1C[C@@H](C(=O)O)CN(Cc2ccc(-c3cc(F)ccc3OC(F)F)s2)C1. The van der Waals surface area contributed by atoms with Crippen LogP contribution in [0.1, 0.15) is 32.1 Å². The summed E-state index contributed by atoms with van der Waals surface area (Å²) in [6, 6.07) is 7.10. The maximum Gasteiger partial charge on any atom is 0.387 e. The van der Waals surface area contributed by atoms with Gasteiger partial charge in [-0.2, -0.15) is 8.78 Å². The number of hydrogen-bond donors (Lipinski definition) is 1. The van der Waals surface area contributed by atoms with Crippen molar-refractivity contribution in [3.05, 3.63) is 41.0 Å². The van der Waals surface area contributed by atoms with Gasteiger partial charge in [-0.3, -0.25) is 9.69 Å². The molecule has 164 valence electrons. The van der Waals surface area contributed by atoms with Crippen LogP contribution in [0, 0.1) is 23.1 Å². The van der Waals surface area contributed by atoms with Gasteiger partial charge in [0, 0.05) is 35.0 Å². The Bertz CT molecular complexity index is 894. The number of alkyl halides is 2. The first kappa shape index (κ1) is 22.6. The number of likely N-dealkylation sites (tertiary alicyclic amines) is 1. The number of hydrogen-bond acceptors (Lipinski definition) is 4. The fourth-order valence-corrected chi connectivity index (χ4v) is 4.92. The number of ether oxygens (including phenoxy) is 1. The summed E-state index contributed by atoms with van der Waals surface area (Å²) in [5.74, 6) is -1.56. The monoisotopic (exact) mass is 441 g/mol. The minimum absolute atomic E-state index is 0.00391. The van der Waals surface area contributed by atoms with Crippen molar-refractivity contribution in [1.82, 2.24) is 4.90 Å². The molecule has 0 saturated carbocycles. The molecule has 2 aromatic rings. The molecule has 0 unspecified atom stereocenters. The lowest BCUT2D eigenvalue weighted by atomic mass is 9.73. The van der Waals surface area contributed by atoms with Crippen LogP contribution in [0.5, 0.6) is 5.75 Å². The second-order valence-electron chi connectivity index (χ2n) is 8.81. The van der Waals surface area contributed by atoms with E-state index in [0.29, 0.717) is 24.4 Å². The largest absolute Gasteiger partial charge is 0.481 e. The number of thiophene rings is 1. The van der Waals surface area contributed by atoms with Crippen LogP contribution in [0.25, 0.3) is 10.4 Å². The van der Waals surface area contributed by atoms with Crippen molar-refractivity contribution in [3.8, 4) is 16.2 Å². The van der Waals surface area contributed by atoms with Crippen LogP contribution >= 0.6 is 11.3 Å². The van der Waals surface area contributed by atoms with Crippen molar-refractivity contribution in [2.24, 2.45) is 17.3 Å². The molecule has 3 rings (SSSR count). The van der Waals surface area contributed by atoms with Crippen LogP contribution in [0.3, 0.4) is 0 Å². The Balaban J connectivity index is 1.80. The summed E-state index contributed by atoms with van der Waals surface area (Å²) in [6.07, 6.45) is 0.655. The van der Waals surface area contributed by atoms with Crippen molar-refractivity contribution in [2.45, 2.75) is 40.3 Å². The van der Waals surface area contributed by atoms with E-state index >= 15 is 0 Å². The van der Waals surface area contributed by atoms with E-state index in [0.717, 1.165) is 17.5 Å². The second kappa shape index (κ2) is 8.98. The average Bonchev–Trinajstić information content (AvgIpc) is 3.10. The Morgan fingerprint density at radius 2 is 2.00 bits per heavy atom. The minimum atomic E-state index is -3.00. The van der Waals surface area contributed by atoms with E-state index in [1.54, 1.807) is 6.07 Å². The van der Waals surface area contributed by atoms with Gasteiger partial charge in [-0.1, -0.05) is 20.8 Å². The smallest absolute Gasteiger partial charge is 0.387 e. The molecule has 0 aliphatic carbocycles. The van der Waals surface area contributed by atoms with Crippen LogP contribution in [0.4, 0.5) is 13.2 Å². The summed E-state index contributed by atoms with van der Waals surface area (Å²) in [6.45, 7) is 5.19. The Labute approximate surface area is 178 Å².